The van der Waals surface area contributed by atoms with Crippen molar-refractivity contribution < 1.29 is 9.21 Å². The first-order valence-corrected chi connectivity index (χ1v) is 7.89. The second kappa shape index (κ2) is 5.75. The summed E-state index contributed by atoms with van der Waals surface area (Å²) in [6, 6.07) is 1.91. The van der Waals surface area contributed by atoms with Crippen molar-refractivity contribution in [3.63, 3.8) is 0 Å². The van der Waals surface area contributed by atoms with E-state index in [1.807, 2.05) is 28.7 Å². The topological polar surface area (TPSA) is 59.2 Å². The number of carbonyl (C=O) groups is 1. The molecular weight excluding hydrogens is 274 g/mol. The SMILES string of the molecule is CCCC(=O)N1CCCC1c1nnc(-c2ccsc2)o1. The van der Waals surface area contributed by atoms with Crippen LogP contribution in [0, 0.1) is 0 Å². The largest absolute Gasteiger partial charge is 0.418 e. The Bertz CT molecular complexity index is 579. The Hall–Kier alpha value is -1.69. The number of amides is 1. The van der Waals surface area contributed by atoms with Crippen LogP contribution in [-0.2, 0) is 4.79 Å². The van der Waals surface area contributed by atoms with Gasteiger partial charge in [0.25, 0.3) is 0 Å². The van der Waals surface area contributed by atoms with E-state index in [9.17, 15) is 4.79 Å². The Morgan fingerprint density at radius 3 is 3.20 bits per heavy atom. The van der Waals surface area contributed by atoms with Gasteiger partial charge in [0.1, 0.15) is 6.04 Å². The molecule has 3 rings (SSSR count). The molecule has 1 amide bonds. The zero-order chi connectivity index (χ0) is 13.9. The molecule has 0 bridgehead atoms. The van der Waals surface area contributed by atoms with Crippen LogP contribution < -0.4 is 0 Å². The van der Waals surface area contributed by atoms with Gasteiger partial charge in [-0.25, -0.2) is 0 Å². The van der Waals surface area contributed by atoms with E-state index >= 15 is 0 Å². The molecule has 1 aliphatic rings. The molecule has 5 nitrogen and oxygen atoms in total. The number of carbonyl (C=O) groups excluding carboxylic acids is 1. The van der Waals surface area contributed by atoms with Crippen molar-refractivity contribution in [3.05, 3.63) is 22.7 Å². The molecule has 2 aromatic rings. The van der Waals surface area contributed by atoms with Crippen molar-refractivity contribution in [1.29, 1.82) is 0 Å². The van der Waals surface area contributed by atoms with Gasteiger partial charge in [0.2, 0.25) is 17.7 Å². The van der Waals surface area contributed by atoms with Gasteiger partial charge in [0.15, 0.2) is 0 Å². The highest BCUT2D eigenvalue weighted by molar-refractivity contribution is 7.08. The lowest BCUT2D eigenvalue weighted by molar-refractivity contribution is -0.132. The van der Waals surface area contributed by atoms with Gasteiger partial charge in [-0.15, -0.1) is 10.2 Å². The lowest BCUT2D eigenvalue weighted by Crippen LogP contribution is -2.30. The zero-order valence-electron chi connectivity index (χ0n) is 11.4. The maximum Gasteiger partial charge on any atom is 0.248 e. The minimum Gasteiger partial charge on any atom is -0.418 e. The van der Waals surface area contributed by atoms with Gasteiger partial charge in [0.05, 0.1) is 0 Å². The van der Waals surface area contributed by atoms with Crippen LogP contribution in [0.1, 0.15) is 44.5 Å². The number of thiophene rings is 1. The summed E-state index contributed by atoms with van der Waals surface area (Å²) < 4.78 is 5.76. The van der Waals surface area contributed by atoms with Crippen molar-refractivity contribution in [2.45, 2.75) is 38.6 Å². The molecule has 20 heavy (non-hydrogen) atoms. The van der Waals surface area contributed by atoms with E-state index in [4.69, 9.17) is 4.42 Å². The maximum absolute atomic E-state index is 12.1. The molecule has 1 saturated heterocycles. The summed E-state index contributed by atoms with van der Waals surface area (Å²) in [6.07, 6.45) is 3.35. The van der Waals surface area contributed by atoms with Crippen molar-refractivity contribution >= 4 is 17.2 Å². The number of hydrogen-bond acceptors (Lipinski definition) is 5. The Balaban J connectivity index is 1.80. The highest BCUT2D eigenvalue weighted by atomic mass is 32.1. The third-order valence-corrected chi connectivity index (χ3v) is 4.21. The van der Waals surface area contributed by atoms with Crippen LogP contribution in [-0.4, -0.2) is 27.5 Å². The molecule has 6 heteroatoms. The first kappa shape index (κ1) is 13.3. The van der Waals surface area contributed by atoms with E-state index in [0.717, 1.165) is 31.4 Å². The van der Waals surface area contributed by atoms with Gasteiger partial charge in [0, 0.05) is 23.9 Å². The summed E-state index contributed by atoms with van der Waals surface area (Å²) in [6.45, 7) is 2.81. The van der Waals surface area contributed by atoms with Crippen molar-refractivity contribution in [3.8, 4) is 11.5 Å². The molecule has 0 radical (unpaired) electrons. The minimum atomic E-state index is -0.0473. The van der Waals surface area contributed by atoms with E-state index in [2.05, 4.69) is 10.2 Å². The molecule has 1 aliphatic heterocycles. The van der Waals surface area contributed by atoms with Crippen LogP contribution in [0.2, 0.25) is 0 Å². The van der Waals surface area contributed by atoms with Crippen LogP contribution in [0.3, 0.4) is 0 Å². The van der Waals surface area contributed by atoms with Gasteiger partial charge in [-0.05, 0) is 30.7 Å². The Morgan fingerprint density at radius 2 is 2.45 bits per heavy atom. The minimum absolute atomic E-state index is 0.0473. The summed E-state index contributed by atoms with van der Waals surface area (Å²) in [5.74, 6) is 1.29. The molecule has 2 aromatic heterocycles. The molecule has 3 heterocycles. The van der Waals surface area contributed by atoms with Crippen LogP contribution in [0.25, 0.3) is 11.5 Å². The summed E-state index contributed by atoms with van der Waals surface area (Å²) in [7, 11) is 0. The third-order valence-electron chi connectivity index (χ3n) is 3.53. The Labute approximate surface area is 121 Å². The van der Waals surface area contributed by atoms with Gasteiger partial charge >= 0.3 is 0 Å². The number of rotatable bonds is 4. The van der Waals surface area contributed by atoms with E-state index in [1.165, 1.54) is 0 Å². The summed E-state index contributed by atoms with van der Waals surface area (Å²) in [4.78, 5) is 14.0. The van der Waals surface area contributed by atoms with Crippen LogP contribution >= 0.6 is 11.3 Å². The number of nitrogens with zero attached hydrogens (tertiary/aromatic N) is 3. The molecule has 0 aromatic carbocycles. The van der Waals surface area contributed by atoms with E-state index < -0.39 is 0 Å². The average Bonchev–Trinajstić information content (AvgIpc) is 3.19. The highest BCUT2D eigenvalue weighted by Gasteiger charge is 2.33. The molecule has 0 saturated carbocycles. The first-order chi connectivity index (χ1) is 9.79. The molecular formula is C14H17N3O2S. The monoisotopic (exact) mass is 291 g/mol. The molecule has 1 fully saturated rings. The molecule has 0 N–H and O–H groups in total. The Kier molecular flexibility index (Phi) is 3.82. The quantitative estimate of drug-likeness (QED) is 0.867. The maximum atomic E-state index is 12.1. The Morgan fingerprint density at radius 1 is 1.55 bits per heavy atom. The molecule has 1 atom stereocenters. The van der Waals surface area contributed by atoms with E-state index in [-0.39, 0.29) is 11.9 Å². The zero-order valence-corrected chi connectivity index (χ0v) is 12.2. The average molecular weight is 291 g/mol. The number of aromatic nitrogens is 2. The lowest BCUT2D eigenvalue weighted by Gasteiger charge is -2.21. The fraction of sp³-hybridized carbons (Fsp3) is 0.500. The highest BCUT2D eigenvalue weighted by Crippen LogP contribution is 2.33. The van der Waals surface area contributed by atoms with Gasteiger partial charge in [-0.1, -0.05) is 6.92 Å². The van der Waals surface area contributed by atoms with E-state index in [1.54, 1.807) is 11.3 Å². The standard InChI is InChI=1S/C14H17N3O2S/c1-2-4-12(18)17-7-3-5-11(17)14-16-15-13(19-14)10-6-8-20-9-10/h6,8-9,11H,2-5,7H2,1H3. The van der Waals surface area contributed by atoms with Crippen molar-refractivity contribution in [2.75, 3.05) is 6.54 Å². The number of hydrogen-bond donors (Lipinski definition) is 0. The summed E-state index contributed by atoms with van der Waals surface area (Å²) in [5.41, 5.74) is 0.943. The molecule has 0 spiro atoms. The van der Waals surface area contributed by atoms with Crippen LogP contribution in [0.15, 0.2) is 21.2 Å². The van der Waals surface area contributed by atoms with E-state index in [0.29, 0.717) is 18.2 Å². The molecule has 106 valence electrons. The second-order valence-corrected chi connectivity index (χ2v) is 5.73. The van der Waals surface area contributed by atoms with Crippen molar-refractivity contribution in [1.82, 2.24) is 15.1 Å². The van der Waals surface area contributed by atoms with Crippen molar-refractivity contribution in [2.24, 2.45) is 0 Å². The van der Waals surface area contributed by atoms with Gasteiger partial charge < -0.3 is 9.32 Å². The fourth-order valence-electron chi connectivity index (χ4n) is 2.55. The third kappa shape index (κ3) is 2.47. The van der Waals surface area contributed by atoms with Gasteiger partial charge in [-0.3, -0.25) is 4.79 Å². The predicted molar refractivity (Wildman–Crippen MR) is 76.2 cm³/mol. The summed E-state index contributed by atoms with van der Waals surface area (Å²) >= 11 is 1.60. The van der Waals surface area contributed by atoms with Crippen LogP contribution in [0.4, 0.5) is 0 Å². The van der Waals surface area contributed by atoms with Gasteiger partial charge in [-0.2, -0.15) is 11.3 Å². The molecule has 0 aliphatic carbocycles. The lowest BCUT2D eigenvalue weighted by atomic mass is 10.2. The normalized spacial score (nSPS) is 18.6. The fourth-order valence-corrected chi connectivity index (χ4v) is 3.18. The smallest absolute Gasteiger partial charge is 0.248 e. The second-order valence-electron chi connectivity index (χ2n) is 4.95. The van der Waals surface area contributed by atoms with Crippen LogP contribution in [0.5, 0.6) is 0 Å². The molecule has 1 unspecified atom stereocenters. The predicted octanol–water partition coefficient (Wildman–Crippen LogP) is 3.26. The summed E-state index contributed by atoms with van der Waals surface area (Å²) in [5, 5.41) is 12.2. The first-order valence-electron chi connectivity index (χ1n) is 6.95. The number of likely N-dealkylation sites (tertiary alicyclic amines) is 1.